The summed E-state index contributed by atoms with van der Waals surface area (Å²) in [7, 11) is 3.08. The zero-order valence-corrected chi connectivity index (χ0v) is 42.6. The molecular formula is C54H66N6O14. The van der Waals surface area contributed by atoms with Crippen LogP contribution in [-0.4, -0.2) is 121 Å². The number of anilines is 1. The predicted molar refractivity (Wildman–Crippen MR) is 268 cm³/mol. The Morgan fingerprint density at radius 1 is 0.784 bits per heavy atom. The molecule has 2 fully saturated rings. The lowest BCUT2D eigenvalue weighted by Gasteiger charge is -2.36. The molecule has 0 aromatic heterocycles. The monoisotopic (exact) mass is 1020 g/mol. The number of hydrogen-bond acceptors (Lipinski definition) is 14. The highest BCUT2D eigenvalue weighted by molar-refractivity contribution is 6.38. The van der Waals surface area contributed by atoms with Gasteiger partial charge in [-0.05, 0) is 112 Å². The van der Waals surface area contributed by atoms with E-state index < -0.39 is 83.3 Å². The molecule has 0 aliphatic carbocycles. The van der Waals surface area contributed by atoms with Crippen molar-refractivity contribution in [2.24, 2.45) is 5.41 Å². The Balaban J connectivity index is 0.957. The molecule has 8 amide bonds. The van der Waals surface area contributed by atoms with Crippen LogP contribution in [-0.2, 0) is 49.5 Å². The highest BCUT2D eigenvalue weighted by Gasteiger charge is 2.46. The fraction of sp³-hybridized carbons (Fsp3) is 0.481. The van der Waals surface area contributed by atoms with Crippen molar-refractivity contribution in [2.45, 2.75) is 122 Å². The summed E-state index contributed by atoms with van der Waals surface area (Å²) in [5, 5.41) is 10.5. The zero-order valence-electron chi connectivity index (χ0n) is 42.6. The van der Waals surface area contributed by atoms with Gasteiger partial charge >= 0.3 is 5.97 Å². The van der Waals surface area contributed by atoms with Gasteiger partial charge in [0.05, 0.1) is 25.3 Å². The first-order valence-electron chi connectivity index (χ1n) is 25.1. The third-order valence-electron chi connectivity index (χ3n) is 13.5. The van der Waals surface area contributed by atoms with Gasteiger partial charge in [-0.1, -0.05) is 45.0 Å². The minimum atomic E-state index is -1.15. The fourth-order valence-corrected chi connectivity index (χ4v) is 8.89. The predicted octanol–water partition coefficient (Wildman–Crippen LogP) is 4.91. The number of piperidine rings is 1. The van der Waals surface area contributed by atoms with Crippen LogP contribution in [0, 0.1) is 5.41 Å². The van der Waals surface area contributed by atoms with Crippen LogP contribution in [0.2, 0.25) is 0 Å². The number of amides is 8. The summed E-state index contributed by atoms with van der Waals surface area (Å²) in [6.45, 7) is 5.60. The van der Waals surface area contributed by atoms with E-state index in [1.807, 2.05) is 19.1 Å². The van der Waals surface area contributed by atoms with Crippen LogP contribution in [0.15, 0.2) is 60.7 Å². The number of unbranched alkanes of at least 4 members (excludes halogenated alkanes) is 1. The SMILES string of the molecule is CCC(C)(C)C(=O)C(=O)N1CCCC[C@@H]1C(=O)O[C@@H](CCc1ccc(OC)c(OC)c1)c1cccc(NC(=O)CCC(=O)NCCCCNC(=O)COc2cccc3c2C(=O)N([C@H]2CCCC(=O)NC2=O)C3=O)c1. The van der Waals surface area contributed by atoms with Gasteiger partial charge in [0.1, 0.15) is 23.9 Å². The van der Waals surface area contributed by atoms with E-state index in [0.717, 1.165) is 10.5 Å². The molecule has 74 heavy (non-hydrogen) atoms. The smallest absolute Gasteiger partial charge is 0.329 e. The molecule has 3 aliphatic heterocycles. The van der Waals surface area contributed by atoms with E-state index in [1.54, 1.807) is 51.3 Å². The van der Waals surface area contributed by atoms with Crippen LogP contribution in [0.3, 0.4) is 0 Å². The van der Waals surface area contributed by atoms with Crippen molar-refractivity contribution in [1.82, 2.24) is 25.8 Å². The Morgan fingerprint density at radius 2 is 1.50 bits per heavy atom. The molecule has 2 saturated heterocycles. The van der Waals surface area contributed by atoms with E-state index in [0.29, 0.717) is 80.5 Å². The number of nitrogens with one attached hydrogen (secondary N) is 4. The molecule has 0 saturated carbocycles. The van der Waals surface area contributed by atoms with Crippen LogP contribution in [0.5, 0.6) is 17.2 Å². The van der Waals surface area contributed by atoms with Crippen molar-refractivity contribution in [2.75, 3.05) is 45.8 Å². The Kier molecular flexibility index (Phi) is 19.4. The Morgan fingerprint density at radius 3 is 2.23 bits per heavy atom. The standard InChI is InChI=1S/C54H66N6O14/c1-6-54(2,3)48(65)52(69)59-29-10-7-17-38(59)53(70)74-39(23-21-33-22-24-40(71-4)42(30-33)72-5)34-14-11-15-35(31-34)57-45(63)26-25-43(61)55-27-8-9-28-56-46(64)32-73-41-19-12-16-36-47(41)51(68)60(50(36)67)37-18-13-20-44(62)58-49(37)66/h11-12,14-16,19,22,24,30-31,37-39H,6-10,13,17-18,20-21,23,25-29,32H2,1-5H3,(H,55,61)(H,56,64)(H,57,63)(H,58,62,66)/t37-,38+,39-/m0/s1. The van der Waals surface area contributed by atoms with Crippen molar-refractivity contribution in [1.29, 1.82) is 0 Å². The summed E-state index contributed by atoms with van der Waals surface area (Å²) in [6.07, 6.45) is 3.42. The first kappa shape index (κ1) is 55.7. The number of likely N-dealkylation sites (tertiary alicyclic amines) is 1. The quantitative estimate of drug-likeness (QED) is 0.0403. The van der Waals surface area contributed by atoms with Gasteiger partial charge in [0, 0.05) is 50.0 Å². The first-order valence-corrected chi connectivity index (χ1v) is 25.1. The van der Waals surface area contributed by atoms with Gasteiger partial charge in [0.2, 0.25) is 29.4 Å². The second-order valence-electron chi connectivity index (χ2n) is 19.1. The normalized spacial score (nSPS) is 17.0. The van der Waals surface area contributed by atoms with E-state index in [1.165, 1.54) is 30.2 Å². The van der Waals surface area contributed by atoms with E-state index in [2.05, 4.69) is 21.3 Å². The maximum atomic E-state index is 14.1. The number of hydrogen-bond donors (Lipinski definition) is 4. The van der Waals surface area contributed by atoms with E-state index >= 15 is 0 Å². The third kappa shape index (κ3) is 14.1. The molecule has 0 unspecified atom stereocenters. The average molecular weight is 1020 g/mol. The second-order valence-corrected chi connectivity index (χ2v) is 19.1. The third-order valence-corrected chi connectivity index (χ3v) is 13.5. The van der Waals surface area contributed by atoms with Gasteiger partial charge in [-0.25, -0.2) is 4.79 Å². The minimum Gasteiger partial charge on any atom is -0.493 e. The molecule has 0 bridgehead atoms. The number of ketones is 1. The molecule has 4 N–H and O–H groups in total. The maximum absolute atomic E-state index is 14.1. The summed E-state index contributed by atoms with van der Waals surface area (Å²) in [4.78, 5) is 132. The van der Waals surface area contributed by atoms with Crippen LogP contribution in [0.25, 0.3) is 0 Å². The van der Waals surface area contributed by atoms with Crippen LogP contribution in [0.4, 0.5) is 5.69 Å². The number of esters is 1. The van der Waals surface area contributed by atoms with Crippen LogP contribution < -0.4 is 35.5 Å². The summed E-state index contributed by atoms with van der Waals surface area (Å²) < 4.78 is 22.8. The highest BCUT2D eigenvalue weighted by atomic mass is 16.5. The number of fused-ring (bicyclic) bond motifs is 1. The molecule has 20 heteroatoms. The number of methoxy groups -OCH3 is 2. The number of imide groups is 2. The van der Waals surface area contributed by atoms with Gasteiger partial charge in [-0.3, -0.25) is 53.4 Å². The van der Waals surface area contributed by atoms with Crippen molar-refractivity contribution in [3.63, 3.8) is 0 Å². The summed E-state index contributed by atoms with van der Waals surface area (Å²) in [5.41, 5.74) is 0.956. The second kappa shape index (κ2) is 25.8. The van der Waals surface area contributed by atoms with Gasteiger partial charge in [0.15, 0.2) is 18.1 Å². The summed E-state index contributed by atoms with van der Waals surface area (Å²) in [5.74, 6) is -4.68. The maximum Gasteiger partial charge on any atom is 0.329 e. The number of rotatable bonds is 24. The molecule has 3 atom stereocenters. The van der Waals surface area contributed by atoms with Gasteiger partial charge in [-0.15, -0.1) is 0 Å². The number of ether oxygens (including phenoxy) is 4. The van der Waals surface area contributed by atoms with Gasteiger partial charge < -0.3 is 39.8 Å². The molecule has 0 spiro atoms. The Hall–Kier alpha value is -7.64. The first-order chi connectivity index (χ1) is 35.5. The van der Waals surface area contributed by atoms with Crippen molar-refractivity contribution < 1.29 is 66.9 Å². The molecular weight excluding hydrogens is 957 g/mol. The molecule has 6 rings (SSSR count). The van der Waals surface area contributed by atoms with Crippen LogP contribution >= 0.6 is 0 Å². The molecule has 20 nitrogen and oxygen atoms in total. The lowest BCUT2D eigenvalue weighted by molar-refractivity contribution is -0.164. The highest BCUT2D eigenvalue weighted by Crippen LogP contribution is 2.35. The number of carbonyl (C=O) groups excluding carboxylic acids is 10. The lowest BCUT2D eigenvalue weighted by atomic mass is 9.84. The molecule has 3 aliphatic rings. The largest absolute Gasteiger partial charge is 0.493 e. The zero-order chi connectivity index (χ0) is 53.5. The molecule has 3 aromatic carbocycles. The molecule has 3 aromatic rings. The fourth-order valence-electron chi connectivity index (χ4n) is 8.89. The number of Topliss-reactive ketones (excluding diaryl/α,β-unsaturated/α-hetero) is 1. The van der Waals surface area contributed by atoms with Crippen molar-refractivity contribution in [3.05, 3.63) is 82.9 Å². The van der Waals surface area contributed by atoms with E-state index in [-0.39, 0.29) is 68.1 Å². The van der Waals surface area contributed by atoms with E-state index in [9.17, 15) is 47.9 Å². The molecule has 396 valence electrons. The number of benzene rings is 3. The summed E-state index contributed by atoms with van der Waals surface area (Å²) in [6, 6.07) is 14.7. The topological polar surface area (TPSA) is 262 Å². The minimum absolute atomic E-state index is 0.00354. The Labute approximate surface area is 429 Å². The van der Waals surface area contributed by atoms with E-state index in [4.69, 9.17) is 18.9 Å². The van der Waals surface area contributed by atoms with Crippen molar-refractivity contribution in [3.8, 4) is 17.2 Å². The van der Waals surface area contributed by atoms with Gasteiger partial charge in [0.25, 0.3) is 23.6 Å². The van der Waals surface area contributed by atoms with Crippen molar-refractivity contribution >= 4 is 64.7 Å². The lowest BCUT2D eigenvalue weighted by Crippen LogP contribution is -2.53. The molecule has 0 radical (unpaired) electrons. The molecule has 3 heterocycles. The number of aryl methyl sites for hydroxylation is 1. The number of nitrogens with zero attached hydrogens (tertiary/aromatic N) is 2. The average Bonchev–Trinajstić information content (AvgIpc) is 3.53. The van der Waals surface area contributed by atoms with Crippen LogP contribution in [0.1, 0.15) is 136 Å². The number of carbonyl (C=O) groups is 10. The summed E-state index contributed by atoms with van der Waals surface area (Å²) >= 11 is 0. The van der Waals surface area contributed by atoms with Gasteiger partial charge in [-0.2, -0.15) is 0 Å². The Bertz CT molecular complexity index is 2630.